The molecule has 88 valence electrons. The van der Waals surface area contributed by atoms with E-state index in [2.05, 4.69) is 41.7 Å². The Morgan fingerprint density at radius 2 is 1.59 bits per heavy atom. The highest BCUT2D eigenvalue weighted by Crippen LogP contribution is 2.24. The number of aryl methyl sites for hydroxylation is 2. The molecule has 2 aromatic rings. The molecule has 0 heterocycles. The Morgan fingerprint density at radius 1 is 1.00 bits per heavy atom. The van der Waals surface area contributed by atoms with E-state index in [-0.39, 0.29) is 0 Å². The van der Waals surface area contributed by atoms with Crippen LogP contribution in [0.5, 0.6) is 0 Å². The number of hydrogen-bond acceptors (Lipinski definition) is 1. The van der Waals surface area contributed by atoms with E-state index in [1.807, 2.05) is 19.9 Å². The second-order valence-electron chi connectivity index (χ2n) is 4.26. The van der Waals surface area contributed by atoms with Crippen LogP contribution in [0.2, 0.25) is 5.02 Å². The Hall–Kier alpha value is -1.47. The fraction of sp³-hybridized carbons (Fsp3) is 0.200. The molecule has 0 aliphatic heterocycles. The van der Waals surface area contributed by atoms with E-state index < -0.39 is 0 Å². The molecule has 2 rings (SSSR count). The van der Waals surface area contributed by atoms with Crippen molar-refractivity contribution in [1.82, 2.24) is 0 Å². The van der Waals surface area contributed by atoms with E-state index in [1.165, 1.54) is 5.56 Å². The Kier molecular flexibility index (Phi) is 3.70. The van der Waals surface area contributed by atoms with Crippen LogP contribution in [0.4, 0.5) is 5.69 Å². The van der Waals surface area contributed by atoms with Crippen LogP contribution in [0.25, 0.3) is 0 Å². The summed E-state index contributed by atoms with van der Waals surface area (Å²) in [4.78, 5) is 0. The van der Waals surface area contributed by atoms with Crippen molar-refractivity contribution in [2.24, 2.45) is 0 Å². The predicted octanol–water partition coefficient (Wildman–Crippen LogP) is 4.57. The first-order valence-corrected chi connectivity index (χ1v) is 6.09. The zero-order valence-corrected chi connectivity index (χ0v) is 10.9. The number of rotatable bonds is 3. The van der Waals surface area contributed by atoms with E-state index in [0.717, 1.165) is 28.4 Å². The highest BCUT2D eigenvalue weighted by Gasteiger charge is 2.02. The molecule has 0 fully saturated rings. The Labute approximate surface area is 107 Å². The zero-order chi connectivity index (χ0) is 12.3. The van der Waals surface area contributed by atoms with Gasteiger partial charge in [-0.3, -0.25) is 0 Å². The largest absolute Gasteiger partial charge is 0.381 e. The molecule has 2 heteroatoms. The summed E-state index contributed by atoms with van der Waals surface area (Å²) in [6.07, 6.45) is 0. The molecule has 0 aliphatic rings. The summed E-state index contributed by atoms with van der Waals surface area (Å²) in [6.45, 7) is 4.90. The van der Waals surface area contributed by atoms with Crippen molar-refractivity contribution in [3.05, 3.63) is 64.2 Å². The predicted molar refractivity (Wildman–Crippen MR) is 74.7 cm³/mol. The van der Waals surface area contributed by atoms with Crippen molar-refractivity contribution in [2.75, 3.05) is 5.32 Å². The number of hydrogen-bond donors (Lipinski definition) is 1. The molecule has 17 heavy (non-hydrogen) atoms. The van der Waals surface area contributed by atoms with Crippen molar-refractivity contribution in [3.8, 4) is 0 Å². The number of anilines is 1. The number of nitrogens with one attached hydrogen (secondary N) is 1. The van der Waals surface area contributed by atoms with Crippen LogP contribution in [0.1, 0.15) is 16.7 Å². The maximum Gasteiger partial charge on any atom is 0.0465 e. The van der Waals surface area contributed by atoms with Gasteiger partial charge in [-0.25, -0.2) is 0 Å². The lowest BCUT2D eigenvalue weighted by molar-refractivity contribution is 1.14. The molecule has 0 aliphatic carbocycles. The van der Waals surface area contributed by atoms with E-state index in [4.69, 9.17) is 11.6 Å². The molecular formula is C15H16ClN. The first-order valence-electron chi connectivity index (χ1n) is 5.71. The van der Waals surface area contributed by atoms with Gasteiger partial charge in [0, 0.05) is 17.3 Å². The Morgan fingerprint density at radius 3 is 2.18 bits per heavy atom. The van der Waals surface area contributed by atoms with Gasteiger partial charge in [-0.05, 0) is 42.7 Å². The van der Waals surface area contributed by atoms with Gasteiger partial charge in [0.2, 0.25) is 0 Å². The second-order valence-corrected chi connectivity index (χ2v) is 4.64. The third-order valence-electron chi connectivity index (χ3n) is 2.78. The van der Waals surface area contributed by atoms with E-state index in [9.17, 15) is 0 Å². The van der Waals surface area contributed by atoms with Crippen molar-refractivity contribution < 1.29 is 0 Å². The standard InChI is InChI=1S/C15H16ClN/c1-11-8-14(9-12(2)15(11)16)17-10-13-6-4-3-5-7-13/h3-9,17H,10H2,1-2H3. The van der Waals surface area contributed by atoms with E-state index in [0.29, 0.717) is 0 Å². The SMILES string of the molecule is Cc1cc(NCc2ccccc2)cc(C)c1Cl. The topological polar surface area (TPSA) is 12.0 Å². The zero-order valence-electron chi connectivity index (χ0n) is 10.1. The van der Waals surface area contributed by atoms with Gasteiger partial charge in [-0.2, -0.15) is 0 Å². The Bertz CT molecular complexity index is 483. The second kappa shape index (κ2) is 5.24. The average Bonchev–Trinajstić information content (AvgIpc) is 2.34. The highest BCUT2D eigenvalue weighted by molar-refractivity contribution is 6.32. The minimum atomic E-state index is 0.835. The monoisotopic (exact) mass is 245 g/mol. The fourth-order valence-electron chi connectivity index (χ4n) is 1.85. The summed E-state index contributed by atoms with van der Waals surface area (Å²) >= 11 is 6.14. The first-order chi connectivity index (χ1) is 8.16. The summed E-state index contributed by atoms with van der Waals surface area (Å²) in [7, 11) is 0. The number of halogens is 1. The van der Waals surface area contributed by atoms with Crippen molar-refractivity contribution in [3.63, 3.8) is 0 Å². The molecule has 0 unspecified atom stereocenters. The van der Waals surface area contributed by atoms with Gasteiger partial charge in [0.15, 0.2) is 0 Å². The maximum atomic E-state index is 6.14. The highest BCUT2D eigenvalue weighted by atomic mass is 35.5. The van der Waals surface area contributed by atoms with Crippen LogP contribution in [0.15, 0.2) is 42.5 Å². The van der Waals surface area contributed by atoms with Crippen LogP contribution in [0, 0.1) is 13.8 Å². The molecule has 0 aromatic heterocycles. The van der Waals surface area contributed by atoms with Crippen molar-refractivity contribution >= 4 is 17.3 Å². The van der Waals surface area contributed by atoms with Crippen LogP contribution in [-0.4, -0.2) is 0 Å². The van der Waals surface area contributed by atoms with Gasteiger partial charge in [0.05, 0.1) is 0 Å². The lowest BCUT2D eigenvalue weighted by Gasteiger charge is -2.10. The third kappa shape index (κ3) is 3.01. The quantitative estimate of drug-likeness (QED) is 0.835. The molecule has 0 radical (unpaired) electrons. The Balaban J connectivity index is 2.10. The van der Waals surface area contributed by atoms with Gasteiger partial charge in [-0.15, -0.1) is 0 Å². The van der Waals surface area contributed by atoms with Crippen LogP contribution >= 0.6 is 11.6 Å². The van der Waals surface area contributed by atoms with Crippen molar-refractivity contribution in [1.29, 1.82) is 0 Å². The van der Waals surface area contributed by atoms with E-state index >= 15 is 0 Å². The molecule has 1 nitrogen and oxygen atoms in total. The normalized spacial score (nSPS) is 10.3. The van der Waals surface area contributed by atoms with Gasteiger partial charge in [0.1, 0.15) is 0 Å². The number of benzene rings is 2. The third-order valence-corrected chi connectivity index (χ3v) is 3.37. The average molecular weight is 246 g/mol. The maximum absolute atomic E-state index is 6.14. The van der Waals surface area contributed by atoms with E-state index in [1.54, 1.807) is 0 Å². The molecule has 0 saturated heterocycles. The molecule has 1 N–H and O–H groups in total. The summed E-state index contributed by atoms with van der Waals surface area (Å²) < 4.78 is 0. The summed E-state index contributed by atoms with van der Waals surface area (Å²) in [6, 6.07) is 14.5. The molecule has 2 aromatic carbocycles. The molecule has 0 amide bonds. The smallest absolute Gasteiger partial charge is 0.0465 e. The van der Waals surface area contributed by atoms with Gasteiger partial charge < -0.3 is 5.32 Å². The van der Waals surface area contributed by atoms with Gasteiger partial charge in [0.25, 0.3) is 0 Å². The summed E-state index contributed by atoms with van der Waals surface area (Å²) in [5.41, 5.74) is 4.62. The van der Waals surface area contributed by atoms with Crippen LogP contribution < -0.4 is 5.32 Å². The molecule has 0 saturated carbocycles. The molecule has 0 bridgehead atoms. The molecule has 0 atom stereocenters. The fourth-order valence-corrected chi connectivity index (χ4v) is 1.96. The minimum absolute atomic E-state index is 0.835. The van der Waals surface area contributed by atoms with Crippen LogP contribution in [0.3, 0.4) is 0 Å². The van der Waals surface area contributed by atoms with Crippen molar-refractivity contribution in [2.45, 2.75) is 20.4 Å². The van der Waals surface area contributed by atoms with Crippen LogP contribution in [-0.2, 0) is 6.54 Å². The lowest BCUT2D eigenvalue weighted by atomic mass is 10.1. The van der Waals surface area contributed by atoms with Gasteiger partial charge >= 0.3 is 0 Å². The molecule has 0 spiro atoms. The minimum Gasteiger partial charge on any atom is -0.381 e. The molecular weight excluding hydrogens is 230 g/mol. The summed E-state index contributed by atoms with van der Waals surface area (Å²) in [5.74, 6) is 0. The lowest BCUT2D eigenvalue weighted by Crippen LogP contribution is -2.00. The first kappa shape index (κ1) is 12.0. The van der Waals surface area contributed by atoms with Gasteiger partial charge in [-0.1, -0.05) is 41.9 Å². The summed E-state index contributed by atoms with van der Waals surface area (Å²) in [5, 5.41) is 4.27.